The molecule has 0 bridgehead atoms. The molecule has 3 rings (SSSR count). The lowest BCUT2D eigenvalue weighted by molar-refractivity contribution is 0.102. The van der Waals surface area contributed by atoms with Crippen LogP contribution in [0.3, 0.4) is 0 Å². The highest BCUT2D eigenvalue weighted by Gasteiger charge is 2.14. The van der Waals surface area contributed by atoms with E-state index in [1.807, 2.05) is 25.1 Å². The molecular formula is C16H14N4O2S. The Bertz CT molecular complexity index is 805. The Morgan fingerprint density at radius 3 is 2.70 bits per heavy atom. The number of hydrogen-bond acceptors (Lipinski definition) is 6. The van der Waals surface area contributed by atoms with Crippen LogP contribution in [0, 0.1) is 6.92 Å². The predicted octanol–water partition coefficient (Wildman–Crippen LogP) is 3.07. The maximum Gasteiger partial charge on any atom is 0.261 e. The van der Waals surface area contributed by atoms with Gasteiger partial charge in [0.15, 0.2) is 0 Å². The number of aromatic nitrogens is 3. The van der Waals surface area contributed by atoms with Crippen molar-refractivity contribution in [2.45, 2.75) is 13.5 Å². The van der Waals surface area contributed by atoms with Crippen molar-refractivity contribution in [3.05, 3.63) is 64.9 Å². The topological polar surface area (TPSA) is 77.0 Å². The molecule has 6 nitrogen and oxygen atoms in total. The van der Waals surface area contributed by atoms with Gasteiger partial charge in [0.2, 0.25) is 5.13 Å². The van der Waals surface area contributed by atoms with Crippen LogP contribution in [0.4, 0.5) is 5.13 Å². The number of ether oxygens (including phenoxy) is 1. The highest BCUT2D eigenvalue weighted by Crippen LogP contribution is 2.22. The molecule has 0 saturated carbocycles. The summed E-state index contributed by atoms with van der Waals surface area (Å²) in [5.41, 5.74) is 1.43. The van der Waals surface area contributed by atoms with E-state index in [9.17, 15) is 4.79 Å². The van der Waals surface area contributed by atoms with Gasteiger partial charge in [-0.15, -0.1) is 10.2 Å². The zero-order valence-corrected chi connectivity index (χ0v) is 13.2. The molecule has 3 aromatic rings. The minimum Gasteiger partial charge on any atom is -0.488 e. The molecule has 1 amide bonds. The van der Waals surface area contributed by atoms with E-state index in [1.54, 1.807) is 30.6 Å². The van der Waals surface area contributed by atoms with E-state index >= 15 is 0 Å². The van der Waals surface area contributed by atoms with E-state index in [0.717, 1.165) is 10.6 Å². The molecule has 0 spiro atoms. The summed E-state index contributed by atoms with van der Waals surface area (Å²) in [5, 5.41) is 11.8. The molecule has 116 valence electrons. The third kappa shape index (κ3) is 3.89. The van der Waals surface area contributed by atoms with Crippen molar-refractivity contribution >= 4 is 22.4 Å². The predicted molar refractivity (Wildman–Crippen MR) is 87.6 cm³/mol. The first kappa shape index (κ1) is 15.1. The van der Waals surface area contributed by atoms with Crippen molar-refractivity contribution in [1.82, 2.24) is 15.2 Å². The van der Waals surface area contributed by atoms with Crippen molar-refractivity contribution < 1.29 is 9.53 Å². The summed E-state index contributed by atoms with van der Waals surface area (Å²) in [6, 6.07) is 10.8. The number of aryl methyl sites for hydroxylation is 1. The van der Waals surface area contributed by atoms with Crippen molar-refractivity contribution in [3.8, 4) is 5.75 Å². The fraction of sp³-hybridized carbons (Fsp3) is 0.125. The molecule has 0 aliphatic carbocycles. The average molecular weight is 326 g/mol. The normalized spacial score (nSPS) is 10.3. The molecule has 2 heterocycles. The first-order valence-electron chi connectivity index (χ1n) is 6.94. The smallest absolute Gasteiger partial charge is 0.261 e. The van der Waals surface area contributed by atoms with E-state index < -0.39 is 0 Å². The molecule has 23 heavy (non-hydrogen) atoms. The SMILES string of the molecule is Cc1nnc(NC(=O)c2ccccc2OCc2ccncc2)s1. The Hall–Kier alpha value is -2.80. The van der Waals surface area contributed by atoms with E-state index in [4.69, 9.17) is 4.74 Å². The van der Waals surface area contributed by atoms with Gasteiger partial charge in [0.05, 0.1) is 5.56 Å². The second-order valence-corrected chi connectivity index (χ2v) is 5.90. The van der Waals surface area contributed by atoms with Crippen molar-refractivity contribution in [2.75, 3.05) is 5.32 Å². The van der Waals surface area contributed by atoms with Crippen molar-refractivity contribution in [2.24, 2.45) is 0 Å². The molecular weight excluding hydrogens is 312 g/mol. The summed E-state index contributed by atoms with van der Waals surface area (Å²) in [6.07, 6.45) is 3.41. The molecule has 0 atom stereocenters. The molecule has 0 radical (unpaired) electrons. The monoisotopic (exact) mass is 326 g/mol. The minimum atomic E-state index is -0.272. The Balaban J connectivity index is 1.73. The lowest BCUT2D eigenvalue weighted by Crippen LogP contribution is -2.13. The minimum absolute atomic E-state index is 0.272. The van der Waals surface area contributed by atoms with Crippen LogP contribution >= 0.6 is 11.3 Å². The number of benzene rings is 1. The zero-order valence-electron chi connectivity index (χ0n) is 12.4. The van der Waals surface area contributed by atoms with Gasteiger partial charge in [0, 0.05) is 12.4 Å². The third-order valence-corrected chi connectivity index (χ3v) is 3.78. The Morgan fingerprint density at radius 2 is 1.96 bits per heavy atom. The lowest BCUT2D eigenvalue weighted by Gasteiger charge is -2.10. The standard InChI is InChI=1S/C16H14N4O2S/c1-11-19-20-16(23-11)18-15(21)13-4-2-3-5-14(13)22-10-12-6-8-17-9-7-12/h2-9H,10H2,1H3,(H,18,20,21). The van der Waals surface area contributed by atoms with Crippen LogP contribution in [0.25, 0.3) is 0 Å². The molecule has 7 heteroatoms. The number of nitrogens with zero attached hydrogens (tertiary/aromatic N) is 3. The van der Waals surface area contributed by atoms with Crippen molar-refractivity contribution in [1.29, 1.82) is 0 Å². The number of hydrogen-bond donors (Lipinski definition) is 1. The summed E-state index contributed by atoms with van der Waals surface area (Å²) in [7, 11) is 0. The van der Waals surface area contributed by atoms with Gasteiger partial charge in [-0.25, -0.2) is 0 Å². The Labute approximate surface area is 137 Å². The fourth-order valence-corrected chi connectivity index (χ4v) is 2.52. The number of amides is 1. The highest BCUT2D eigenvalue weighted by atomic mass is 32.1. The molecule has 1 N–H and O–H groups in total. The number of para-hydroxylation sites is 1. The van der Waals surface area contributed by atoms with E-state index in [2.05, 4.69) is 20.5 Å². The summed E-state index contributed by atoms with van der Waals surface area (Å²) in [6.45, 7) is 2.20. The van der Waals surface area contributed by atoms with E-state index in [-0.39, 0.29) is 5.91 Å². The molecule has 0 aliphatic rings. The van der Waals surface area contributed by atoms with Gasteiger partial charge in [-0.05, 0) is 36.8 Å². The van der Waals surface area contributed by atoms with E-state index in [1.165, 1.54) is 11.3 Å². The zero-order chi connectivity index (χ0) is 16.1. The van der Waals surface area contributed by atoms with Crippen LogP contribution in [0.1, 0.15) is 20.9 Å². The maximum atomic E-state index is 12.4. The molecule has 2 aromatic heterocycles. The van der Waals surface area contributed by atoms with Gasteiger partial charge in [-0.3, -0.25) is 15.1 Å². The second kappa shape index (κ2) is 6.97. The Kier molecular flexibility index (Phi) is 4.58. The number of carbonyl (C=O) groups is 1. The number of rotatable bonds is 5. The van der Waals surface area contributed by atoms with Crippen LogP contribution in [0.2, 0.25) is 0 Å². The van der Waals surface area contributed by atoms with Gasteiger partial charge in [0.1, 0.15) is 17.4 Å². The maximum absolute atomic E-state index is 12.4. The molecule has 0 aliphatic heterocycles. The van der Waals surface area contributed by atoms with E-state index in [0.29, 0.717) is 23.1 Å². The van der Waals surface area contributed by atoms with Gasteiger partial charge < -0.3 is 4.74 Å². The number of nitrogens with one attached hydrogen (secondary N) is 1. The van der Waals surface area contributed by atoms with Crippen LogP contribution < -0.4 is 10.1 Å². The van der Waals surface area contributed by atoms with Gasteiger partial charge >= 0.3 is 0 Å². The summed E-state index contributed by atoms with van der Waals surface area (Å²) in [4.78, 5) is 16.4. The van der Waals surface area contributed by atoms with Gasteiger partial charge in [0.25, 0.3) is 5.91 Å². The van der Waals surface area contributed by atoms with Crippen LogP contribution in [-0.4, -0.2) is 21.1 Å². The summed E-state index contributed by atoms with van der Waals surface area (Å²) >= 11 is 1.32. The highest BCUT2D eigenvalue weighted by molar-refractivity contribution is 7.15. The van der Waals surface area contributed by atoms with Crippen LogP contribution in [-0.2, 0) is 6.61 Å². The molecule has 0 unspecified atom stereocenters. The molecule has 0 fully saturated rings. The Morgan fingerprint density at radius 1 is 1.17 bits per heavy atom. The van der Waals surface area contributed by atoms with Gasteiger partial charge in [-0.1, -0.05) is 23.5 Å². The van der Waals surface area contributed by atoms with Crippen molar-refractivity contribution in [3.63, 3.8) is 0 Å². The number of anilines is 1. The summed E-state index contributed by atoms with van der Waals surface area (Å²) in [5.74, 6) is 0.245. The fourth-order valence-electron chi connectivity index (χ4n) is 1.93. The van der Waals surface area contributed by atoms with Gasteiger partial charge in [-0.2, -0.15) is 0 Å². The molecule has 1 aromatic carbocycles. The number of pyridine rings is 1. The summed E-state index contributed by atoms with van der Waals surface area (Å²) < 4.78 is 5.77. The first-order chi connectivity index (χ1) is 11.2. The van der Waals surface area contributed by atoms with Crippen LogP contribution in [0.15, 0.2) is 48.8 Å². The number of carbonyl (C=O) groups excluding carboxylic acids is 1. The second-order valence-electron chi connectivity index (χ2n) is 4.72. The molecule has 0 saturated heterocycles. The van der Waals surface area contributed by atoms with Crippen LogP contribution in [0.5, 0.6) is 5.75 Å². The lowest BCUT2D eigenvalue weighted by atomic mass is 10.2. The average Bonchev–Trinajstić information content (AvgIpc) is 2.99. The quantitative estimate of drug-likeness (QED) is 0.779. The largest absolute Gasteiger partial charge is 0.488 e. The third-order valence-electron chi connectivity index (χ3n) is 3.02. The first-order valence-corrected chi connectivity index (χ1v) is 7.76.